The SMILES string of the molecule is Cc1cc(S(N)(=O)=O)ccc1-c1cnc(N)cn1. The molecule has 0 spiro atoms. The Kier molecular flexibility index (Phi) is 3.02. The number of anilines is 1. The molecule has 0 aliphatic carbocycles. The maximum Gasteiger partial charge on any atom is 0.238 e. The van der Waals surface area contributed by atoms with E-state index >= 15 is 0 Å². The van der Waals surface area contributed by atoms with Crippen molar-refractivity contribution in [2.75, 3.05) is 5.73 Å². The maximum atomic E-state index is 11.2. The van der Waals surface area contributed by atoms with Crippen LogP contribution in [0.1, 0.15) is 5.56 Å². The molecule has 6 nitrogen and oxygen atoms in total. The lowest BCUT2D eigenvalue weighted by Gasteiger charge is -2.07. The van der Waals surface area contributed by atoms with Gasteiger partial charge >= 0.3 is 0 Å². The Morgan fingerprint density at radius 1 is 1.17 bits per heavy atom. The molecule has 7 heteroatoms. The Morgan fingerprint density at radius 3 is 2.39 bits per heavy atom. The standard InChI is InChI=1S/C11H12N4O2S/c1-7-4-8(18(13,16)17)2-3-9(7)10-5-15-11(12)6-14-10/h2-6H,1H3,(H2,12,15)(H2,13,16,17). The first-order chi connectivity index (χ1) is 8.38. The van der Waals surface area contributed by atoms with Crippen LogP contribution in [0.2, 0.25) is 0 Å². The number of aryl methyl sites for hydroxylation is 1. The van der Waals surface area contributed by atoms with Crippen molar-refractivity contribution >= 4 is 15.8 Å². The van der Waals surface area contributed by atoms with E-state index in [0.717, 1.165) is 11.1 Å². The maximum absolute atomic E-state index is 11.2. The molecule has 2 rings (SSSR count). The highest BCUT2D eigenvalue weighted by molar-refractivity contribution is 7.89. The Morgan fingerprint density at radius 2 is 1.89 bits per heavy atom. The lowest BCUT2D eigenvalue weighted by molar-refractivity contribution is 0.597. The molecular weight excluding hydrogens is 252 g/mol. The van der Waals surface area contributed by atoms with Crippen LogP contribution in [0.4, 0.5) is 5.82 Å². The minimum Gasteiger partial charge on any atom is -0.382 e. The lowest BCUT2D eigenvalue weighted by atomic mass is 10.1. The van der Waals surface area contributed by atoms with Gasteiger partial charge in [-0.15, -0.1) is 0 Å². The van der Waals surface area contributed by atoms with E-state index in [1.54, 1.807) is 13.0 Å². The molecule has 0 fully saturated rings. The molecule has 0 atom stereocenters. The number of nitrogen functional groups attached to an aromatic ring is 1. The van der Waals surface area contributed by atoms with Crippen molar-refractivity contribution in [2.45, 2.75) is 11.8 Å². The number of benzene rings is 1. The lowest BCUT2D eigenvalue weighted by Crippen LogP contribution is -2.12. The van der Waals surface area contributed by atoms with Crippen molar-refractivity contribution in [2.24, 2.45) is 5.14 Å². The number of hydrogen-bond donors (Lipinski definition) is 2. The monoisotopic (exact) mass is 264 g/mol. The Bertz CT molecular complexity index is 681. The van der Waals surface area contributed by atoms with E-state index in [4.69, 9.17) is 10.9 Å². The van der Waals surface area contributed by atoms with Crippen molar-refractivity contribution in [3.8, 4) is 11.3 Å². The van der Waals surface area contributed by atoms with Crippen molar-refractivity contribution in [1.82, 2.24) is 9.97 Å². The van der Waals surface area contributed by atoms with Crippen LogP contribution >= 0.6 is 0 Å². The molecule has 1 aromatic carbocycles. The molecule has 94 valence electrons. The van der Waals surface area contributed by atoms with Crippen molar-refractivity contribution in [3.63, 3.8) is 0 Å². The summed E-state index contributed by atoms with van der Waals surface area (Å²) >= 11 is 0. The van der Waals surface area contributed by atoms with Gasteiger partial charge in [-0.2, -0.15) is 0 Å². The van der Waals surface area contributed by atoms with Gasteiger partial charge in [0.05, 0.1) is 23.0 Å². The van der Waals surface area contributed by atoms with Crippen LogP contribution in [-0.2, 0) is 10.0 Å². The Balaban J connectivity index is 2.51. The molecule has 0 aliphatic heterocycles. The molecule has 0 amide bonds. The fourth-order valence-electron chi connectivity index (χ4n) is 1.58. The van der Waals surface area contributed by atoms with Gasteiger partial charge in [0.15, 0.2) is 0 Å². The van der Waals surface area contributed by atoms with Gasteiger partial charge in [0.1, 0.15) is 5.82 Å². The number of sulfonamides is 1. The zero-order valence-electron chi connectivity index (χ0n) is 9.66. The van der Waals surface area contributed by atoms with Gasteiger partial charge in [0, 0.05) is 5.56 Å². The van der Waals surface area contributed by atoms with Gasteiger partial charge in [0.25, 0.3) is 0 Å². The number of rotatable bonds is 2. The highest BCUT2D eigenvalue weighted by atomic mass is 32.2. The summed E-state index contributed by atoms with van der Waals surface area (Å²) in [6, 6.07) is 4.59. The van der Waals surface area contributed by atoms with Crippen LogP contribution in [0, 0.1) is 6.92 Å². The molecule has 2 aromatic rings. The van der Waals surface area contributed by atoms with Crippen LogP contribution in [0.25, 0.3) is 11.3 Å². The van der Waals surface area contributed by atoms with E-state index in [1.165, 1.54) is 24.5 Å². The van der Waals surface area contributed by atoms with Crippen molar-refractivity contribution in [1.29, 1.82) is 0 Å². The molecule has 0 aliphatic rings. The van der Waals surface area contributed by atoms with Gasteiger partial charge in [-0.3, -0.25) is 4.98 Å². The Labute approximate surface area is 105 Å². The van der Waals surface area contributed by atoms with Crippen molar-refractivity contribution in [3.05, 3.63) is 36.2 Å². The largest absolute Gasteiger partial charge is 0.382 e. The van der Waals surface area contributed by atoms with E-state index in [2.05, 4.69) is 9.97 Å². The topological polar surface area (TPSA) is 112 Å². The summed E-state index contributed by atoms with van der Waals surface area (Å²) in [5.41, 5.74) is 7.62. The predicted molar refractivity (Wildman–Crippen MR) is 68.0 cm³/mol. The van der Waals surface area contributed by atoms with Crippen LogP contribution in [0.5, 0.6) is 0 Å². The quantitative estimate of drug-likeness (QED) is 0.828. The summed E-state index contributed by atoms with van der Waals surface area (Å²) in [6.07, 6.45) is 2.98. The van der Waals surface area contributed by atoms with Crippen LogP contribution in [-0.4, -0.2) is 18.4 Å². The summed E-state index contributed by atoms with van der Waals surface area (Å²) in [6.45, 7) is 1.78. The van der Waals surface area contributed by atoms with Gasteiger partial charge < -0.3 is 5.73 Å². The highest BCUT2D eigenvalue weighted by Crippen LogP contribution is 2.23. The van der Waals surface area contributed by atoms with E-state index in [9.17, 15) is 8.42 Å². The average Bonchev–Trinajstić information content (AvgIpc) is 2.29. The first-order valence-corrected chi connectivity index (χ1v) is 6.64. The summed E-state index contributed by atoms with van der Waals surface area (Å²) in [4.78, 5) is 8.15. The second kappa shape index (κ2) is 4.35. The van der Waals surface area contributed by atoms with Crippen LogP contribution in [0.3, 0.4) is 0 Å². The fourth-order valence-corrected chi connectivity index (χ4v) is 2.18. The number of nitrogens with zero attached hydrogens (tertiary/aromatic N) is 2. The molecule has 0 saturated heterocycles. The van der Waals surface area contributed by atoms with E-state index in [-0.39, 0.29) is 4.90 Å². The highest BCUT2D eigenvalue weighted by Gasteiger charge is 2.11. The van der Waals surface area contributed by atoms with Crippen molar-refractivity contribution < 1.29 is 8.42 Å². The Hall–Kier alpha value is -1.99. The molecule has 0 bridgehead atoms. The number of primary sulfonamides is 1. The minimum absolute atomic E-state index is 0.0761. The summed E-state index contributed by atoms with van der Waals surface area (Å²) in [7, 11) is -3.69. The molecular formula is C11H12N4O2S. The fraction of sp³-hybridized carbons (Fsp3) is 0.0909. The van der Waals surface area contributed by atoms with Gasteiger partial charge in [0.2, 0.25) is 10.0 Å². The van der Waals surface area contributed by atoms with E-state index in [0.29, 0.717) is 11.5 Å². The molecule has 0 radical (unpaired) electrons. The second-order valence-electron chi connectivity index (χ2n) is 3.85. The normalized spacial score (nSPS) is 11.4. The van der Waals surface area contributed by atoms with Gasteiger partial charge in [-0.1, -0.05) is 6.07 Å². The summed E-state index contributed by atoms with van der Waals surface area (Å²) in [5.74, 6) is 0.331. The average molecular weight is 264 g/mol. The third-order valence-electron chi connectivity index (χ3n) is 2.47. The molecule has 18 heavy (non-hydrogen) atoms. The zero-order chi connectivity index (χ0) is 13.3. The minimum atomic E-state index is -3.69. The van der Waals surface area contributed by atoms with E-state index in [1.807, 2.05) is 0 Å². The first kappa shape index (κ1) is 12.5. The smallest absolute Gasteiger partial charge is 0.238 e. The molecule has 1 aromatic heterocycles. The third kappa shape index (κ3) is 2.47. The number of nitrogens with two attached hydrogens (primary N) is 2. The molecule has 4 N–H and O–H groups in total. The number of aromatic nitrogens is 2. The van der Waals surface area contributed by atoms with Crippen LogP contribution in [0.15, 0.2) is 35.5 Å². The summed E-state index contributed by atoms with van der Waals surface area (Å²) in [5, 5.41) is 5.06. The van der Waals surface area contributed by atoms with Crippen LogP contribution < -0.4 is 10.9 Å². The molecule has 1 heterocycles. The number of hydrogen-bond acceptors (Lipinski definition) is 5. The van der Waals surface area contributed by atoms with Gasteiger partial charge in [-0.25, -0.2) is 18.5 Å². The second-order valence-corrected chi connectivity index (χ2v) is 5.41. The third-order valence-corrected chi connectivity index (χ3v) is 3.39. The molecule has 0 unspecified atom stereocenters. The predicted octanol–water partition coefficient (Wildman–Crippen LogP) is 0.682. The van der Waals surface area contributed by atoms with E-state index < -0.39 is 10.0 Å². The first-order valence-electron chi connectivity index (χ1n) is 5.09. The molecule has 0 saturated carbocycles. The summed E-state index contributed by atoms with van der Waals surface area (Å²) < 4.78 is 22.4. The van der Waals surface area contributed by atoms with Gasteiger partial charge in [-0.05, 0) is 24.6 Å². The zero-order valence-corrected chi connectivity index (χ0v) is 10.5.